The minimum absolute atomic E-state index is 0.00113. The third-order valence-corrected chi connectivity index (χ3v) is 5.29. The predicted octanol–water partition coefficient (Wildman–Crippen LogP) is 4.55. The minimum Gasteiger partial charge on any atom is -0.467 e. The molecular formula is C22H28ClN5O4. The fourth-order valence-electron chi connectivity index (χ4n) is 3.64. The molecule has 2 aromatic heterocycles. The van der Waals surface area contributed by atoms with E-state index in [1.807, 2.05) is 26.8 Å². The number of hydrogen-bond donors (Lipinski definition) is 1. The fraction of sp³-hybridized carbons (Fsp3) is 0.500. The summed E-state index contributed by atoms with van der Waals surface area (Å²) in [4.78, 5) is 38.4. The zero-order chi connectivity index (χ0) is 23.3. The quantitative estimate of drug-likeness (QED) is 0.514. The molecule has 2 amide bonds. The smallest absolute Gasteiger partial charge is 0.407 e. The third-order valence-electron chi connectivity index (χ3n) is 5.11. The number of carbonyl (C=O) groups is 2. The van der Waals surface area contributed by atoms with Crippen molar-refractivity contribution in [3.05, 3.63) is 30.7 Å². The molecule has 2 heterocycles. The number of ether oxygens (including phenoxy) is 2. The van der Waals surface area contributed by atoms with Crippen molar-refractivity contribution in [3.8, 4) is 17.1 Å². The summed E-state index contributed by atoms with van der Waals surface area (Å²) in [5.74, 6) is 0.478. The van der Waals surface area contributed by atoms with E-state index in [0.717, 1.165) is 11.1 Å². The lowest BCUT2D eigenvalue weighted by Gasteiger charge is -2.35. The van der Waals surface area contributed by atoms with E-state index in [0.29, 0.717) is 31.5 Å². The van der Waals surface area contributed by atoms with Gasteiger partial charge in [0.25, 0.3) is 0 Å². The summed E-state index contributed by atoms with van der Waals surface area (Å²) in [5, 5.41) is 2.32. The summed E-state index contributed by atoms with van der Waals surface area (Å²) in [5.41, 5.74) is 1.05. The molecule has 1 fully saturated rings. The summed E-state index contributed by atoms with van der Waals surface area (Å²) < 4.78 is 10.3. The first kappa shape index (κ1) is 23.7. The number of anilines is 1. The maximum atomic E-state index is 12.2. The van der Waals surface area contributed by atoms with Crippen LogP contribution < -0.4 is 15.0 Å². The Labute approximate surface area is 192 Å². The maximum Gasteiger partial charge on any atom is 0.407 e. The number of aromatic nitrogens is 3. The lowest BCUT2D eigenvalue weighted by molar-refractivity contribution is 0.0491. The molecule has 0 radical (unpaired) electrons. The van der Waals surface area contributed by atoms with Gasteiger partial charge < -0.3 is 14.8 Å². The zero-order valence-electron chi connectivity index (χ0n) is 18.7. The van der Waals surface area contributed by atoms with Crippen LogP contribution in [0.4, 0.5) is 15.4 Å². The zero-order valence-corrected chi connectivity index (χ0v) is 19.4. The van der Waals surface area contributed by atoms with Gasteiger partial charge in [-0.2, -0.15) is 0 Å². The number of carbonyl (C=O) groups excluding carboxylic acids is 2. The Balaban J connectivity index is 1.63. The van der Waals surface area contributed by atoms with Crippen LogP contribution in [0.5, 0.6) is 6.01 Å². The van der Waals surface area contributed by atoms with Crippen LogP contribution in [-0.2, 0) is 4.74 Å². The van der Waals surface area contributed by atoms with E-state index < -0.39 is 17.1 Å². The molecule has 0 atom stereocenters. The van der Waals surface area contributed by atoms with Crippen molar-refractivity contribution in [3.63, 3.8) is 0 Å². The summed E-state index contributed by atoms with van der Waals surface area (Å²) in [7, 11) is 1.50. The van der Waals surface area contributed by atoms with Crippen molar-refractivity contribution in [2.45, 2.75) is 64.1 Å². The molecule has 0 aliphatic heterocycles. The van der Waals surface area contributed by atoms with E-state index in [-0.39, 0.29) is 18.1 Å². The minimum atomic E-state index is -0.582. The van der Waals surface area contributed by atoms with Crippen molar-refractivity contribution in [2.75, 3.05) is 12.0 Å². The van der Waals surface area contributed by atoms with Crippen LogP contribution in [0.25, 0.3) is 11.1 Å². The van der Waals surface area contributed by atoms with Gasteiger partial charge in [-0.25, -0.2) is 19.7 Å². The average Bonchev–Trinajstić information content (AvgIpc) is 2.74. The Morgan fingerprint density at radius 3 is 2.16 bits per heavy atom. The molecule has 172 valence electrons. The number of nitrogens with one attached hydrogen (secondary N) is 1. The highest BCUT2D eigenvalue weighted by Gasteiger charge is 2.31. The molecule has 0 saturated heterocycles. The summed E-state index contributed by atoms with van der Waals surface area (Å²) in [6, 6.07) is 3.79. The summed E-state index contributed by atoms with van der Waals surface area (Å²) >= 11 is 5.92. The van der Waals surface area contributed by atoms with E-state index in [2.05, 4.69) is 20.3 Å². The third kappa shape index (κ3) is 6.29. The number of amides is 2. The van der Waals surface area contributed by atoms with E-state index in [1.165, 1.54) is 12.0 Å². The molecule has 10 heteroatoms. The normalized spacial score (nSPS) is 18.5. The molecule has 3 rings (SSSR count). The van der Waals surface area contributed by atoms with Crippen molar-refractivity contribution in [1.82, 2.24) is 20.3 Å². The summed E-state index contributed by atoms with van der Waals surface area (Å²) in [6.07, 6.45) is 7.33. The molecule has 1 aliphatic carbocycles. The van der Waals surface area contributed by atoms with Crippen molar-refractivity contribution in [2.24, 2.45) is 0 Å². The second-order valence-corrected chi connectivity index (χ2v) is 8.96. The van der Waals surface area contributed by atoms with Gasteiger partial charge in [0.15, 0.2) is 0 Å². The van der Waals surface area contributed by atoms with Crippen LogP contribution in [0.2, 0.25) is 0 Å². The SMILES string of the molecule is COc1ncc(-c2ccc(N(C(=O)Cl)[C@H]3CC[C@H](NC(=O)OC(C)(C)C)CC3)nc2)cn1. The fourth-order valence-corrected chi connectivity index (χ4v) is 3.87. The van der Waals surface area contributed by atoms with E-state index in [1.54, 1.807) is 24.7 Å². The van der Waals surface area contributed by atoms with Crippen molar-refractivity contribution < 1.29 is 19.1 Å². The van der Waals surface area contributed by atoms with Gasteiger partial charge in [0.05, 0.1) is 7.11 Å². The van der Waals surface area contributed by atoms with Gasteiger partial charge in [0.1, 0.15) is 11.4 Å². The molecule has 1 N–H and O–H groups in total. The Kier molecular flexibility index (Phi) is 7.50. The molecule has 0 bridgehead atoms. The van der Waals surface area contributed by atoms with Crippen molar-refractivity contribution in [1.29, 1.82) is 0 Å². The Morgan fingerprint density at radius 2 is 1.66 bits per heavy atom. The van der Waals surface area contributed by atoms with Gasteiger partial charge in [0, 0.05) is 41.8 Å². The highest BCUT2D eigenvalue weighted by molar-refractivity contribution is 6.66. The molecule has 1 saturated carbocycles. The highest BCUT2D eigenvalue weighted by Crippen LogP contribution is 2.29. The number of alkyl carbamates (subject to hydrolysis) is 1. The number of rotatable bonds is 5. The standard InChI is InChI=1S/C22H28ClN5O4/c1-22(2,3)32-21(30)27-16-6-8-17(9-7-16)28(19(23)29)18-10-5-14(11-24-18)15-12-25-20(31-4)26-13-15/h5,10-13,16-17H,6-9H2,1-4H3,(H,27,30)/t16-,17-. The number of nitrogens with zero attached hydrogens (tertiary/aromatic N) is 4. The van der Waals surface area contributed by atoms with Crippen molar-refractivity contribution >= 4 is 28.9 Å². The topological polar surface area (TPSA) is 107 Å². The molecule has 1 aliphatic rings. The second kappa shape index (κ2) is 10.1. The molecule has 0 aromatic carbocycles. The van der Waals surface area contributed by atoms with Crippen LogP contribution in [0.15, 0.2) is 30.7 Å². The van der Waals surface area contributed by atoms with Crippen LogP contribution in [-0.4, -0.2) is 51.2 Å². The number of methoxy groups -OCH3 is 1. The predicted molar refractivity (Wildman–Crippen MR) is 121 cm³/mol. The first-order valence-corrected chi connectivity index (χ1v) is 10.8. The second-order valence-electron chi connectivity index (χ2n) is 8.64. The van der Waals surface area contributed by atoms with Gasteiger partial charge in [-0.05, 0) is 70.2 Å². The largest absolute Gasteiger partial charge is 0.467 e. The van der Waals surface area contributed by atoms with Crippen LogP contribution in [0.1, 0.15) is 46.5 Å². The van der Waals surface area contributed by atoms with Gasteiger partial charge in [0.2, 0.25) is 0 Å². The molecule has 32 heavy (non-hydrogen) atoms. The van der Waals surface area contributed by atoms with E-state index in [9.17, 15) is 9.59 Å². The van der Waals surface area contributed by atoms with Crippen LogP contribution in [0.3, 0.4) is 0 Å². The lowest BCUT2D eigenvalue weighted by Crippen LogP contribution is -2.46. The molecule has 0 spiro atoms. The number of pyridine rings is 1. The van der Waals surface area contributed by atoms with E-state index >= 15 is 0 Å². The Morgan fingerprint density at radius 1 is 1.03 bits per heavy atom. The van der Waals surface area contributed by atoms with Crippen LogP contribution in [0, 0.1) is 0 Å². The van der Waals surface area contributed by atoms with Gasteiger partial charge in [-0.3, -0.25) is 9.69 Å². The number of halogens is 1. The van der Waals surface area contributed by atoms with E-state index in [4.69, 9.17) is 21.1 Å². The molecule has 0 unspecified atom stereocenters. The maximum absolute atomic E-state index is 12.2. The van der Waals surface area contributed by atoms with Crippen LogP contribution >= 0.6 is 11.6 Å². The lowest BCUT2D eigenvalue weighted by atomic mass is 9.90. The van der Waals surface area contributed by atoms with Gasteiger partial charge in [-0.1, -0.05) is 0 Å². The first-order chi connectivity index (χ1) is 15.2. The average molecular weight is 462 g/mol. The monoisotopic (exact) mass is 461 g/mol. The first-order valence-electron chi connectivity index (χ1n) is 10.5. The molecule has 2 aromatic rings. The number of hydrogen-bond acceptors (Lipinski definition) is 7. The van der Waals surface area contributed by atoms with Gasteiger partial charge in [-0.15, -0.1) is 0 Å². The molecule has 9 nitrogen and oxygen atoms in total. The molecular weight excluding hydrogens is 434 g/mol. The van der Waals surface area contributed by atoms with Gasteiger partial charge >= 0.3 is 17.5 Å². The Bertz CT molecular complexity index is 923. The summed E-state index contributed by atoms with van der Waals surface area (Å²) in [6.45, 7) is 5.48. The Hall–Kier alpha value is -2.94. The highest BCUT2D eigenvalue weighted by atomic mass is 35.5.